The quantitative estimate of drug-likeness (QED) is 0.444. The molecule has 0 spiro atoms. The topological polar surface area (TPSA) is 75.3 Å². The molecule has 0 radical (unpaired) electrons. The summed E-state index contributed by atoms with van der Waals surface area (Å²) in [5.74, 6) is -0.0881. The fourth-order valence-corrected chi connectivity index (χ4v) is 2.04. The molecule has 2 atom stereocenters. The number of nitrogens with two attached hydrogens (primary N) is 1. The van der Waals surface area contributed by atoms with Gasteiger partial charge in [0.25, 0.3) is 0 Å². The molecule has 0 bridgehead atoms. The van der Waals surface area contributed by atoms with E-state index in [0.29, 0.717) is 23.7 Å². The van der Waals surface area contributed by atoms with Crippen molar-refractivity contribution in [3.8, 4) is 0 Å². The Hall–Kier alpha value is -0.390. The van der Waals surface area contributed by atoms with E-state index in [1.165, 1.54) is 0 Å². The minimum Gasteiger partial charge on any atom is -0.401 e. The van der Waals surface area contributed by atoms with Crippen molar-refractivity contribution in [1.29, 1.82) is 0 Å². The first kappa shape index (κ1) is 17.6. The highest BCUT2D eigenvalue weighted by Crippen LogP contribution is 2.25. The summed E-state index contributed by atoms with van der Waals surface area (Å²) in [6.07, 6.45) is -0.381. The smallest absolute Gasteiger partial charge is 0.242 e. The number of rotatable bonds is 6. The molecule has 0 fully saturated rings. The number of alkyl halides is 1. The molecule has 4 nitrogen and oxygen atoms in total. The average molecular weight is 295 g/mol. The minimum absolute atomic E-state index is 0.0716. The molecule has 18 heavy (non-hydrogen) atoms. The van der Waals surface area contributed by atoms with Crippen LogP contribution in [0.4, 0.5) is 0 Å². The van der Waals surface area contributed by atoms with Crippen molar-refractivity contribution in [2.24, 2.45) is 11.7 Å². The zero-order valence-electron chi connectivity index (χ0n) is 11.3. The van der Waals surface area contributed by atoms with Crippen LogP contribution in [0.1, 0.15) is 34.1 Å². The molecule has 0 aromatic carbocycles. The van der Waals surface area contributed by atoms with Crippen LogP contribution >= 0.6 is 24.2 Å². The predicted molar refractivity (Wildman–Crippen MR) is 78.6 cm³/mol. The van der Waals surface area contributed by atoms with Gasteiger partial charge in [-0.25, -0.2) is 0 Å². The maximum atomic E-state index is 12.1. The number of carbonyl (C=O) groups is 1. The molecule has 6 heteroatoms. The van der Waals surface area contributed by atoms with Crippen LogP contribution in [0.15, 0.2) is 11.4 Å². The third kappa shape index (κ3) is 4.71. The zero-order valence-corrected chi connectivity index (χ0v) is 13.0. The van der Waals surface area contributed by atoms with Gasteiger partial charge >= 0.3 is 0 Å². The van der Waals surface area contributed by atoms with Gasteiger partial charge in [-0.15, -0.1) is 11.6 Å². The third-order valence-corrected chi connectivity index (χ3v) is 3.41. The molecule has 0 saturated carbocycles. The van der Waals surface area contributed by atoms with Crippen molar-refractivity contribution in [2.75, 3.05) is 5.88 Å². The summed E-state index contributed by atoms with van der Waals surface area (Å²) >= 11 is 9.91. The molecule has 0 aromatic rings. The molecule has 4 N–H and O–H groups in total. The summed E-state index contributed by atoms with van der Waals surface area (Å²) in [5.41, 5.74) is 6.75. The van der Waals surface area contributed by atoms with Crippen molar-refractivity contribution >= 4 is 30.1 Å². The Morgan fingerprint density at radius 3 is 2.39 bits per heavy atom. The Labute approximate surface area is 119 Å². The van der Waals surface area contributed by atoms with Crippen LogP contribution in [-0.4, -0.2) is 27.7 Å². The SMILES string of the molecule is C/C(N)=C(/CCCl)NC(=O)C(C)(S)[C@@H](O)C(C)C. The van der Waals surface area contributed by atoms with Crippen LogP contribution in [0.3, 0.4) is 0 Å². The van der Waals surface area contributed by atoms with E-state index in [9.17, 15) is 9.90 Å². The molecule has 0 aliphatic carbocycles. The summed E-state index contributed by atoms with van der Waals surface area (Å²) in [4.78, 5) is 12.1. The van der Waals surface area contributed by atoms with Crippen LogP contribution in [0.25, 0.3) is 0 Å². The summed E-state index contributed by atoms with van der Waals surface area (Å²) in [6, 6.07) is 0. The number of aliphatic hydroxyl groups is 1. The standard InChI is InChI=1S/C12H23ClN2O2S/c1-7(2)10(16)12(4,18)11(17)15-9(5-6-13)8(3)14/h7,10,16,18H,5-6,14H2,1-4H3,(H,15,17)/b9-8+/t10-,12?/m0/s1. The fraction of sp³-hybridized carbons (Fsp3) is 0.750. The van der Waals surface area contributed by atoms with E-state index in [1.807, 2.05) is 13.8 Å². The lowest BCUT2D eigenvalue weighted by atomic mass is 9.93. The van der Waals surface area contributed by atoms with Crippen molar-refractivity contribution < 1.29 is 9.90 Å². The summed E-state index contributed by atoms with van der Waals surface area (Å²) in [7, 11) is 0. The lowest BCUT2D eigenvalue weighted by Crippen LogP contribution is -2.50. The van der Waals surface area contributed by atoms with Gasteiger partial charge in [-0.2, -0.15) is 12.6 Å². The number of halogens is 1. The van der Waals surface area contributed by atoms with Gasteiger partial charge in [0.1, 0.15) is 4.75 Å². The second kappa shape index (κ2) is 7.26. The first-order valence-electron chi connectivity index (χ1n) is 5.87. The van der Waals surface area contributed by atoms with Gasteiger partial charge in [0.05, 0.1) is 6.10 Å². The second-order valence-corrected chi connectivity index (χ2v) is 6.20. The Morgan fingerprint density at radius 2 is 2.06 bits per heavy atom. The Balaban J connectivity index is 4.90. The van der Waals surface area contributed by atoms with E-state index in [2.05, 4.69) is 17.9 Å². The molecule has 0 aliphatic rings. The molecule has 0 rings (SSSR count). The molecule has 0 heterocycles. The Kier molecular flexibility index (Phi) is 7.10. The maximum absolute atomic E-state index is 12.1. The zero-order chi connectivity index (χ0) is 14.5. The fourth-order valence-electron chi connectivity index (χ4n) is 1.50. The molecule has 0 aromatic heterocycles. The first-order chi connectivity index (χ1) is 8.14. The number of carbonyl (C=O) groups excluding carboxylic acids is 1. The second-order valence-electron chi connectivity index (χ2n) is 4.89. The van der Waals surface area contributed by atoms with E-state index >= 15 is 0 Å². The minimum atomic E-state index is -1.18. The van der Waals surface area contributed by atoms with Gasteiger partial charge in [-0.05, 0) is 19.8 Å². The van der Waals surface area contributed by atoms with Crippen LogP contribution in [0.5, 0.6) is 0 Å². The maximum Gasteiger partial charge on any atom is 0.242 e. The first-order valence-corrected chi connectivity index (χ1v) is 6.85. The normalized spacial score (nSPS) is 18.0. The number of hydrogen-bond acceptors (Lipinski definition) is 4. The van der Waals surface area contributed by atoms with Crippen molar-refractivity contribution in [3.63, 3.8) is 0 Å². The molecule has 0 aliphatic heterocycles. The van der Waals surface area contributed by atoms with Gasteiger partial charge < -0.3 is 16.2 Å². The molecule has 0 saturated heterocycles. The van der Waals surface area contributed by atoms with Gasteiger partial charge in [0.2, 0.25) is 5.91 Å². The van der Waals surface area contributed by atoms with Gasteiger partial charge in [-0.3, -0.25) is 4.79 Å². The van der Waals surface area contributed by atoms with E-state index in [0.717, 1.165) is 0 Å². The third-order valence-electron chi connectivity index (χ3n) is 2.75. The lowest BCUT2D eigenvalue weighted by Gasteiger charge is -2.31. The van der Waals surface area contributed by atoms with Crippen LogP contribution in [0, 0.1) is 5.92 Å². The number of amides is 1. The molecule has 1 amide bonds. The number of nitrogens with one attached hydrogen (secondary N) is 1. The summed E-state index contributed by atoms with van der Waals surface area (Å²) < 4.78 is -1.18. The Morgan fingerprint density at radius 1 is 1.56 bits per heavy atom. The van der Waals surface area contributed by atoms with Crippen LogP contribution in [-0.2, 0) is 4.79 Å². The summed E-state index contributed by atoms with van der Waals surface area (Å²) in [5, 5.41) is 12.7. The highest BCUT2D eigenvalue weighted by atomic mass is 35.5. The van der Waals surface area contributed by atoms with E-state index < -0.39 is 10.9 Å². The number of hydrogen-bond donors (Lipinski definition) is 4. The Bertz CT molecular complexity index is 326. The predicted octanol–water partition coefficient (Wildman–Crippen LogP) is 1.63. The summed E-state index contributed by atoms with van der Waals surface area (Å²) in [6.45, 7) is 6.93. The molecule has 1 unspecified atom stereocenters. The highest BCUT2D eigenvalue weighted by molar-refractivity contribution is 7.82. The van der Waals surface area contributed by atoms with Gasteiger partial charge in [0.15, 0.2) is 0 Å². The van der Waals surface area contributed by atoms with Crippen LogP contribution in [0.2, 0.25) is 0 Å². The molecule has 106 valence electrons. The average Bonchev–Trinajstić information content (AvgIpc) is 2.26. The largest absolute Gasteiger partial charge is 0.401 e. The van der Waals surface area contributed by atoms with Crippen molar-refractivity contribution in [3.05, 3.63) is 11.4 Å². The number of thiol groups is 1. The highest BCUT2D eigenvalue weighted by Gasteiger charge is 2.38. The van der Waals surface area contributed by atoms with Crippen molar-refractivity contribution in [1.82, 2.24) is 5.32 Å². The molecular formula is C12H23ClN2O2S. The van der Waals surface area contributed by atoms with Crippen LogP contribution < -0.4 is 11.1 Å². The lowest BCUT2D eigenvalue weighted by molar-refractivity contribution is -0.125. The number of aliphatic hydroxyl groups excluding tert-OH is 1. The van der Waals surface area contributed by atoms with E-state index in [-0.39, 0.29) is 11.8 Å². The van der Waals surface area contributed by atoms with Gasteiger partial charge in [-0.1, -0.05) is 13.8 Å². The number of allylic oxidation sites excluding steroid dienone is 2. The monoisotopic (exact) mass is 294 g/mol. The van der Waals surface area contributed by atoms with Gasteiger partial charge in [0, 0.05) is 23.7 Å². The van der Waals surface area contributed by atoms with E-state index in [4.69, 9.17) is 17.3 Å². The van der Waals surface area contributed by atoms with E-state index in [1.54, 1.807) is 13.8 Å². The van der Waals surface area contributed by atoms with Crippen molar-refractivity contribution in [2.45, 2.75) is 45.0 Å². The molecular weight excluding hydrogens is 272 g/mol.